The Morgan fingerprint density at radius 3 is 3.05 bits per heavy atom. The number of rotatable bonds is 5. The van der Waals surface area contributed by atoms with E-state index in [0.717, 1.165) is 56.5 Å². The third kappa shape index (κ3) is 2.73. The molecule has 2 atom stereocenters. The lowest BCUT2D eigenvalue weighted by molar-refractivity contribution is -0.123. The van der Waals surface area contributed by atoms with Gasteiger partial charge in [0.05, 0.1) is 6.54 Å². The second-order valence-electron chi connectivity index (χ2n) is 7.28. The van der Waals surface area contributed by atoms with Crippen LogP contribution in [-0.4, -0.2) is 30.4 Å². The highest BCUT2D eigenvalue weighted by molar-refractivity contribution is 5.82. The van der Waals surface area contributed by atoms with Crippen molar-refractivity contribution in [2.75, 3.05) is 19.6 Å². The standard InChI is InChI=1S/C17H24N2O2/c1-12-2-5-14(21-12)10-19-7-6-17(11-19)8-15(17)16(20)18-9-13-3-4-13/h2,5,13,15H,3-4,6-11H2,1H3,(H,18,20). The molecule has 114 valence electrons. The Morgan fingerprint density at radius 1 is 1.48 bits per heavy atom. The van der Waals surface area contributed by atoms with Crippen LogP contribution in [0.1, 0.15) is 37.2 Å². The molecule has 2 saturated carbocycles. The van der Waals surface area contributed by atoms with E-state index < -0.39 is 0 Å². The van der Waals surface area contributed by atoms with Crippen LogP contribution in [0.4, 0.5) is 0 Å². The van der Waals surface area contributed by atoms with Crippen molar-refractivity contribution in [2.45, 2.75) is 39.2 Å². The number of nitrogens with zero attached hydrogens (tertiary/aromatic N) is 1. The normalized spacial score (nSPS) is 31.8. The lowest BCUT2D eigenvalue weighted by Crippen LogP contribution is -2.30. The Labute approximate surface area is 125 Å². The Balaban J connectivity index is 1.29. The van der Waals surface area contributed by atoms with Crippen molar-refractivity contribution in [3.63, 3.8) is 0 Å². The second-order valence-corrected chi connectivity index (χ2v) is 7.28. The van der Waals surface area contributed by atoms with Crippen LogP contribution in [0.5, 0.6) is 0 Å². The largest absolute Gasteiger partial charge is 0.465 e. The summed E-state index contributed by atoms with van der Waals surface area (Å²) in [5, 5.41) is 3.15. The summed E-state index contributed by atoms with van der Waals surface area (Å²) >= 11 is 0. The van der Waals surface area contributed by atoms with Crippen molar-refractivity contribution in [3.05, 3.63) is 23.7 Å². The average Bonchev–Trinajstić information content (AvgIpc) is 3.32. The Kier molecular flexibility index (Phi) is 3.10. The number of hydrogen-bond acceptors (Lipinski definition) is 3. The Morgan fingerprint density at radius 2 is 2.33 bits per heavy atom. The van der Waals surface area contributed by atoms with E-state index in [1.807, 2.05) is 13.0 Å². The van der Waals surface area contributed by atoms with Crippen LogP contribution in [0.2, 0.25) is 0 Å². The number of likely N-dealkylation sites (tertiary alicyclic amines) is 1. The summed E-state index contributed by atoms with van der Waals surface area (Å²) in [6.45, 7) is 5.91. The summed E-state index contributed by atoms with van der Waals surface area (Å²) in [5.74, 6) is 3.35. The molecule has 2 aliphatic carbocycles. The lowest BCUT2D eigenvalue weighted by Gasteiger charge is -2.14. The van der Waals surface area contributed by atoms with Gasteiger partial charge < -0.3 is 9.73 Å². The number of carbonyl (C=O) groups is 1. The molecule has 3 fully saturated rings. The number of amides is 1. The van der Waals surface area contributed by atoms with Crippen LogP contribution < -0.4 is 5.32 Å². The van der Waals surface area contributed by atoms with Crippen molar-refractivity contribution >= 4 is 5.91 Å². The van der Waals surface area contributed by atoms with Gasteiger partial charge in [-0.3, -0.25) is 9.69 Å². The fourth-order valence-electron chi connectivity index (χ4n) is 3.77. The first-order valence-electron chi connectivity index (χ1n) is 8.20. The number of carbonyl (C=O) groups excluding carboxylic acids is 1. The summed E-state index contributed by atoms with van der Waals surface area (Å²) in [6.07, 6.45) is 4.84. The highest BCUT2D eigenvalue weighted by atomic mass is 16.3. The van der Waals surface area contributed by atoms with Crippen molar-refractivity contribution < 1.29 is 9.21 Å². The summed E-state index contributed by atoms with van der Waals surface area (Å²) < 4.78 is 5.66. The van der Waals surface area contributed by atoms with Crippen LogP contribution in [-0.2, 0) is 11.3 Å². The van der Waals surface area contributed by atoms with Crippen LogP contribution in [0, 0.1) is 24.2 Å². The number of aryl methyl sites for hydroxylation is 1. The minimum absolute atomic E-state index is 0.264. The Hall–Kier alpha value is -1.29. The minimum Gasteiger partial charge on any atom is -0.465 e. The molecule has 1 aliphatic heterocycles. The second kappa shape index (κ2) is 4.87. The quantitative estimate of drug-likeness (QED) is 0.904. The third-order valence-electron chi connectivity index (χ3n) is 5.41. The van der Waals surface area contributed by atoms with Crippen molar-refractivity contribution in [2.24, 2.45) is 17.3 Å². The van der Waals surface area contributed by atoms with E-state index in [0.29, 0.717) is 5.91 Å². The highest BCUT2D eigenvalue weighted by Gasteiger charge is 2.60. The molecule has 0 bridgehead atoms. The van der Waals surface area contributed by atoms with Gasteiger partial charge in [0.15, 0.2) is 0 Å². The predicted molar refractivity (Wildman–Crippen MR) is 79.6 cm³/mol. The van der Waals surface area contributed by atoms with Gasteiger partial charge in [-0.25, -0.2) is 0 Å². The van der Waals surface area contributed by atoms with E-state index in [4.69, 9.17) is 4.42 Å². The van der Waals surface area contributed by atoms with Crippen LogP contribution in [0.25, 0.3) is 0 Å². The number of furan rings is 1. The summed E-state index contributed by atoms with van der Waals surface area (Å²) in [4.78, 5) is 14.7. The molecule has 1 aromatic rings. The van der Waals surface area contributed by atoms with Gasteiger partial charge in [-0.15, -0.1) is 0 Å². The van der Waals surface area contributed by atoms with Gasteiger partial charge in [0.1, 0.15) is 11.5 Å². The van der Waals surface area contributed by atoms with Crippen LogP contribution in [0.15, 0.2) is 16.5 Å². The van der Waals surface area contributed by atoms with Crippen molar-refractivity contribution in [1.29, 1.82) is 0 Å². The fraction of sp³-hybridized carbons (Fsp3) is 0.706. The molecule has 0 radical (unpaired) electrons. The van der Waals surface area contributed by atoms with Crippen LogP contribution >= 0.6 is 0 Å². The van der Waals surface area contributed by atoms with Gasteiger partial charge in [-0.05, 0) is 62.6 Å². The van der Waals surface area contributed by atoms with E-state index in [2.05, 4.69) is 16.3 Å². The van der Waals surface area contributed by atoms with Gasteiger partial charge in [0.25, 0.3) is 0 Å². The molecule has 2 heterocycles. The molecule has 4 heteroatoms. The molecule has 1 amide bonds. The molecule has 21 heavy (non-hydrogen) atoms. The number of hydrogen-bond donors (Lipinski definition) is 1. The molecule has 1 N–H and O–H groups in total. The maximum atomic E-state index is 12.2. The molecule has 4 nitrogen and oxygen atoms in total. The minimum atomic E-state index is 0.264. The zero-order chi connectivity index (χ0) is 14.4. The van der Waals surface area contributed by atoms with E-state index in [9.17, 15) is 4.79 Å². The van der Waals surface area contributed by atoms with E-state index >= 15 is 0 Å². The molecule has 1 saturated heterocycles. The zero-order valence-electron chi connectivity index (χ0n) is 12.7. The summed E-state index contributed by atoms with van der Waals surface area (Å²) in [5.41, 5.74) is 0.273. The van der Waals surface area contributed by atoms with E-state index in [1.54, 1.807) is 0 Å². The Bertz CT molecular complexity index is 549. The number of nitrogens with one attached hydrogen (secondary N) is 1. The third-order valence-corrected chi connectivity index (χ3v) is 5.41. The predicted octanol–water partition coefficient (Wildman–Crippen LogP) is 2.33. The molecule has 1 spiro atoms. The summed E-state index contributed by atoms with van der Waals surface area (Å²) in [6, 6.07) is 4.08. The maximum Gasteiger partial charge on any atom is 0.223 e. The first-order valence-corrected chi connectivity index (χ1v) is 8.20. The van der Waals surface area contributed by atoms with Gasteiger partial charge in [-0.2, -0.15) is 0 Å². The molecule has 3 aliphatic rings. The first kappa shape index (κ1) is 13.4. The zero-order valence-corrected chi connectivity index (χ0v) is 12.7. The summed E-state index contributed by atoms with van der Waals surface area (Å²) in [7, 11) is 0. The maximum absolute atomic E-state index is 12.2. The average molecular weight is 288 g/mol. The molecule has 1 aromatic heterocycles. The van der Waals surface area contributed by atoms with Gasteiger partial charge in [0.2, 0.25) is 5.91 Å². The lowest BCUT2D eigenvalue weighted by atomic mass is 10.0. The van der Waals surface area contributed by atoms with Crippen molar-refractivity contribution in [1.82, 2.24) is 10.2 Å². The smallest absolute Gasteiger partial charge is 0.223 e. The topological polar surface area (TPSA) is 45.5 Å². The monoisotopic (exact) mass is 288 g/mol. The SMILES string of the molecule is Cc1ccc(CN2CCC3(CC3C(=O)NCC3CC3)C2)o1. The van der Waals surface area contributed by atoms with E-state index in [-0.39, 0.29) is 11.3 Å². The molecular formula is C17H24N2O2. The molecule has 2 unspecified atom stereocenters. The van der Waals surface area contributed by atoms with Gasteiger partial charge >= 0.3 is 0 Å². The fourth-order valence-corrected chi connectivity index (χ4v) is 3.77. The van der Waals surface area contributed by atoms with E-state index in [1.165, 1.54) is 12.8 Å². The highest BCUT2D eigenvalue weighted by Crippen LogP contribution is 2.58. The first-order chi connectivity index (χ1) is 10.1. The van der Waals surface area contributed by atoms with Crippen molar-refractivity contribution in [3.8, 4) is 0 Å². The molecule has 4 rings (SSSR count). The molecule has 0 aromatic carbocycles. The van der Waals surface area contributed by atoms with Gasteiger partial charge in [-0.1, -0.05) is 0 Å². The van der Waals surface area contributed by atoms with Gasteiger partial charge in [0, 0.05) is 19.0 Å². The molecular weight excluding hydrogens is 264 g/mol. The van der Waals surface area contributed by atoms with Crippen LogP contribution in [0.3, 0.4) is 0 Å².